The largest absolute Gasteiger partial charge is 0.451 e. The van der Waals surface area contributed by atoms with Crippen LogP contribution in [0.3, 0.4) is 0 Å². The maximum Gasteiger partial charge on any atom is 0.359 e. The average Bonchev–Trinajstić information content (AvgIpc) is 2.69. The van der Waals surface area contributed by atoms with Crippen molar-refractivity contribution in [1.82, 2.24) is 9.78 Å². The van der Waals surface area contributed by atoms with Crippen LogP contribution in [-0.2, 0) is 16.1 Å². The molecule has 1 aromatic heterocycles. The van der Waals surface area contributed by atoms with Crippen molar-refractivity contribution in [2.75, 3.05) is 11.9 Å². The third kappa shape index (κ3) is 3.88. The number of anilines is 1. The van der Waals surface area contributed by atoms with Gasteiger partial charge in [-0.25, -0.2) is 18.3 Å². The molecule has 0 spiro atoms. The lowest BCUT2D eigenvalue weighted by atomic mass is 10.1. The number of fused-ring (bicyclic) bond motifs is 1. The van der Waals surface area contributed by atoms with Gasteiger partial charge in [0.05, 0.1) is 11.1 Å². The molecule has 0 bridgehead atoms. The third-order valence-corrected chi connectivity index (χ3v) is 3.90. The number of hydrogen-bond donors (Lipinski definition) is 1. The summed E-state index contributed by atoms with van der Waals surface area (Å²) in [5.41, 5.74) is -0.706. The first-order chi connectivity index (χ1) is 13.4. The number of aromatic nitrogens is 2. The standard InChI is InChI=1S/C19H15F2N3O4/c1-2-24-18(26)13-6-4-3-5-12(13)17(23-24)19(27)28-10-16(25)22-15-8-7-11(20)9-14(15)21/h3-9H,2,10H2,1H3,(H,22,25). The van der Waals surface area contributed by atoms with Gasteiger partial charge >= 0.3 is 5.97 Å². The summed E-state index contributed by atoms with van der Waals surface area (Å²) in [7, 11) is 0. The molecule has 0 aliphatic heterocycles. The SMILES string of the molecule is CCn1nc(C(=O)OCC(=O)Nc2ccc(F)cc2F)c2ccccc2c1=O. The number of hydrogen-bond acceptors (Lipinski definition) is 5. The summed E-state index contributed by atoms with van der Waals surface area (Å²) >= 11 is 0. The Labute approximate surface area is 157 Å². The van der Waals surface area contributed by atoms with Gasteiger partial charge < -0.3 is 10.1 Å². The molecule has 0 fully saturated rings. The van der Waals surface area contributed by atoms with Crippen molar-refractivity contribution in [2.24, 2.45) is 0 Å². The first-order valence-electron chi connectivity index (χ1n) is 8.32. The van der Waals surface area contributed by atoms with Gasteiger partial charge in [0.2, 0.25) is 0 Å². The molecule has 7 nitrogen and oxygen atoms in total. The molecule has 1 amide bonds. The van der Waals surface area contributed by atoms with E-state index in [0.29, 0.717) is 16.8 Å². The fourth-order valence-electron chi connectivity index (χ4n) is 2.58. The Kier molecular flexibility index (Phi) is 5.44. The van der Waals surface area contributed by atoms with Crippen molar-refractivity contribution in [2.45, 2.75) is 13.5 Å². The van der Waals surface area contributed by atoms with Crippen molar-refractivity contribution in [3.05, 3.63) is 70.1 Å². The molecule has 9 heteroatoms. The van der Waals surface area contributed by atoms with Crippen LogP contribution < -0.4 is 10.9 Å². The highest BCUT2D eigenvalue weighted by Gasteiger charge is 2.19. The Hall–Kier alpha value is -3.62. The van der Waals surface area contributed by atoms with Crippen LogP contribution in [0.4, 0.5) is 14.5 Å². The number of nitrogens with zero attached hydrogens (tertiary/aromatic N) is 2. The van der Waals surface area contributed by atoms with Crippen molar-refractivity contribution < 1.29 is 23.1 Å². The summed E-state index contributed by atoms with van der Waals surface area (Å²) < 4.78 is 32.5. The van der Waals surface area contributed by atoms with Crippen LogP contribution in [0.1, 0.15) is 17.4 Å². The summed E-state index contributed by atoms with van der Waals surface area (Å²) in [5, 5.41) is 6.77. The number of esters is 1. The summed E-state index contributed by atoms with van der Waals surface area (Å²) in [4.78, 5) is 36.6. The predicted molar refractivity (Wildman–Crippen MR) is 96.9 cm³/mol. The highest BCUT2D eigenvalue weighted by atomic mass is 19.1. The van der Waals surface area contributed by atoms with Crippen LogP contribution >= 0.6 is 0 Å². The first-order valence-corrected chi connectivity index (χ1v) is 8.32. The fourth-order valence-corrected chi connectivity index (χ4v) is 2.58. The second-order valence-corrected chi connectivity index (χ2v) is 5.76. The van der Waals surface area contributed by atoms with Gasteiger partial charge in [0, 0.05) is 18.0 Å². The number of aryl methyl sites for hydroxylation is 1. The number of benzene rings is 2. The van der Waals surface area contributed by atoms with Gasteiger partial charge in [0.25, 0.3) is 11.5 Å². The molecule has 1 N–H and O–H groups in total. The van der Waals surface area contributed by atoms with E-state index >= 15 is 0 Å². The average molecular weight is 387 g/mol. The molecule has 0 saturated carbocycles. The van der Waals surface area contributed by atoms with Crippen molar-refractivity contribution >= 4 is 28.3 Å². The van der Waals surface area contributed by atoms with Crippen LogP contribution in [0.2, 0.25) is 0 Å². The second kappa shape index (κ2) is 7.95. The van der Waals surface area contributed by atoms with Gasteiger partial charge in [0.1, 0.15) is 11.6 Å². The zero-order valence-electron chi connectivity index (χ0n) is 14.7. The van der Waals surface area contributed by atoms with Crippen molar-refractivity contribution in [1.29, 1.82) is 0 Å². The molecular weight excluding hydrogens is 372 g/mol. The predicted octanol–water partition coefficient (Wildman–Crippen LogP) is 2.49. The number of halogens is 2. The zero-order valence-corrected chi connectivity index (χ0v) is 14.7. The second-order valence-electron chi connectivity index (χ2n) is 5.76. The van der Waals surface area contributed by atoms with E-state index in [9.17, 15) is 23.2 Å². The van der Waals surface area contributed by atoms with Crippen LogP contribution in [0.15, 0.2) is 47.3 Å². The monoisotopic (exact) mass is 387 g/mol. The number of rotatable bonds is 5. The quantitative estimate of drug-likeness (QED) is 0.680. The lowest BCUT2D eigenvalue weighted by Gasteiger charge is -2.10. The summed E-state index contributed by atoms with van der Waals surface area (Å²) in [6.45, 7) is 1.23. The lowest BCUT2D eigenvalue weighted by Crippen LogP contribution is -2.27. The van der Waals surface area contributed by atoms with Gasteiger partial charge in [-0.1, -0.05) is 18.2 Å². The van der Waals surface area contributed by atoms with Crippen LogP contribution in [0, 0.1) is 11.6 Å². The van der Waals surface area contributed by atoms with E-state index in [1.807, 2.05) is 0 Å². The lowest BCUT2D eigenvalue weighted by molar-refractivity contribution is -0.119. The Morgan fingerprint density at radius 3 is 2.54 bits per heavy atom. The molecule has 0 aliphatic carbocycles. The van der Waals surface area contributed by atoms with Gasteiger partial charge in [-0.2, -0.15) is 5.10 Å². The molecule has 0 aliphatic rings. The van der Waals surface area contributed by atoms with E-state index in [-0.39, 0.29) is 23.5 Å². The molecule has 3 aromatic rings. The fraction of sp³-hybridized carbons (Fsp3) is 0.158. The molecule has 3 rings (SSSR count). The zero-order chi connectivity index (χ0) is 20.3. The molecule has 0 atom stereocenters. The van der Waals surface area contributed by atoms with Crippen LogP contribution in [0.25, 0.3) is 10.8 Å². The van der Waals surface area contributed by atoms with Crippen molar-refractivity contribution in [3.63, 3.8) is 0 Å². The summed E-state index contributed by atoms with van der Waals surface area (Å²) in [6.07, 6.45) is 0. The normalized spacial score (nSPS) is 10.7. The maximum absolute atomic E-state index is 13.6. The van der Waals surface area contributed by atoms with E-state index in [0.717, 1.165) is 16.8 Å². The number of ether oxygens (including phenoxy) is 1. The molecule has 2 aromatic carbocycles. The molecule has 28 heavy (non-hydrogen) atoms. The minimum atomic E-state index is -0.956. The van der Waals surface area contributed by atoms with Gasteiger partial charge in [-0.15, -0.1) is 0 Å². The number of amides is 1. The topological polar surface area (TPSA) is 90.3 Å². The van der Waals surface area contributed by atoms with E-state index in [4.69, 9.17) is 4.74 Å². The highest BCUT2D eigenvalue weighted by Crippen LogP contribution is 2.16. The van der Waals surface area contributed by atoms with E-state index < -0.39 is 30.1 Å². The minimum Gasteiger partial charge on any atom is -0.451 e. The third-order valence-electron chi connectivity index (χ3n) is 3.90. The van der Waals surface area contributed by atoms with Crippen LogP contribution in [-0.4, -0.2) is 28.3 Å². The Balaban J connectivity index is 1.77. The molecule has 144 valence electrons. The van der Waals surface area contributed by atoms with Gasteiger partial charge in [0.15, 0.2) is 12.3 Å². The number of carbonyl (C=O) groups is 2. The number of carbonyl (C=O) groups excluding carboxylic acids is 2. The molecular formula is C19H15F2N3O4. The Morgan fingerprint density at radius 1 is 1.14 bits per heavy atom. The smallest absolute Gasteiger partial charge is 0.359 e. The molecule has 0 radical (unpaired) electrons. The molecule has 0 saturated heterocycles. The molecule has 1 heterocycles. The van der Waals surface area contributed by atoms with E-state index in [1.54, 1.807) is 31.2 Å². The van der Waals surface area contributed by atoms with Gasteiger partial charge in [-0.3, -0.25) is 9.59 Å². The molecule has 0 unspecified atom stereocenters. The van der Waals surface area contributed by atoms with Crippen LogP contribution in [0.5, 0.6) is 0 Å². The summed E-state index contributed by atoms with van der Waals surface area (Å²) in [6, 6.07) is 9.06. The Bertz CT molecular complexity index is 1130. The number of nitrogens with one attached hydrogen (secondary N) is 1. The maximum atomic E-state index is 13.6. The van der Waals surface area contributed by atoms with E-state index in [2.05, 4.69) is 10.4 Å². The van der Waals surface area contributed by atoms with Gasteiger partial charge in [-0.05, 0) is 25.1 Å². The summed E-state index contributed by atoms with van der Waals surface area (Å²) in [5.74, 6) is -3.46. The van der Waals surface area contributed by atoms with E-state index in [1.165, 1.54) is 0 Å². The minimum absolute atomic E-state index is 0.113. The Morgan fingerprint density at radius 2 is 1.86 bits per heavy atom. The van der Waals surface area contributed by atoms with Crippen molar-refractivity contribution in [3.8, 4) is 0 Å². The highest BCUT2D eigenvalue weighted by molar-refractivity contribution is 6.03. The first kappa shape index (κ1) is 19.2.